The number of aromatic nitrogens is 2. The Hall–Kier alpha value is -2.91. The SMILES string of the molecule is CC(C)(C)OC(=O)N1CCC(CCc2ccc(C(F)(F)F)cc2)C1.O=c1ncc(F)c[nH]1. The minimum absolute atomic E-state index is 0.292. The zero-order valence-corrected chi connectivity index (χ0v) is 18.2. The number of hydrogen-bond donors (Lipinski definition) is 1. The molecule has 1 unspecified atom stereocenters. The summed E-state index contributed by atoms with van der Waals surface area (Å²) in [6.07, 6.45) is -0.304. The van der Waals surface area contributed by atoms with Gasteiger partial charge in [-0.2, -0.15) is 18.2 Å². The van der Waals surface area contributed by atoms with E-state index in [1.807, 2.05) is 20.8 Å². The van der Waals surface area contributed by atoms with Crippen LogP contribution in [0.2, 0.25) is 0 Å². The molecule has 1 aromatic carbocycles. The predicted octanol–water partition coefficient (Wildman–Crippen LogP) is 4.80. The largest absolute Gasteiger partial charge is 0.444 e. The molecular formula is C22H27F4N3O3. The lowest BCUT2D eigenvalue weighted by Gasteiger charge is -2.24. The number of amides is 1. The highest BCUT2D eigenvalue weighted by Gasteiger charge is 2.31. The second kappa shape index (κ2) is 10.6. The van der Waals surface area contributed by atoms with Gasteiger partial charge >= 0.3 is 18.0 Å². The first-order chi connectivity index (χ1) is 14.8. The van der Waals surface area contributed by atoms with Crippen LogP contribution in [0, 0.1) is 11.7 Å². The molecule has 1 aliphatic heterocycles. The Balaban J connectivity index is 0.000000380. The van der Waals surface area contributed by atoms with Crippen LogP contribution >= 0.6 is 0 Å². The fourth-order valence-electron chi connectivity index (χ4n) is 3.12. The molecule has 10 heteroatoms. The molecule has 1 amide bonds. The van der Waals surface area contributed by atoms with Gasteiger partial charge in [0.05, 0.1) is 11.8 Å². The number of hydrogen-bond acceptors (Lipinski definition) is 4. The van der Waals surface area contributed by atoms with Crippen molar-refractivity contribution in [2.75, 3.05) is 13.1 Å². The summed E-state index contributed by atoms with van der Waals surface area (Å²) in [6, 6.07) is 5.31. The maximum Gasteiger partial charge on any atom is 0.416 e. The zero-order chi connectivity index (χ0) is 23.9. The highest BCUT2D eigenvalue weighted by molar-refractivity contribution is 5.68. The molecule has 6 nitrogen and oxygen atoms in total. The van der Waals surface area contributed by atoms with E-state index in [2.05, 4.69) is 9.97 Å². The van der Waals surface area contributed by atoms with Gasteiger partial charge in [-0.25, -0.2) is 14.0 Å². The average molecular weight is 457 g/mol. The molecular weight excluding hydrogens is 430 g/mol. The van der Waals surface area contributed by atoms with Gasteiger partial charge in [-0.3, -0.25) is 0 Å². The number of nitrogens with one attached hydrogen (secondary N) is 1. The van der Waals surface area contributed by atoms with Crippen LogP contribution in [0.5, 0.6) is 0 Å². The van der Waals surface area contributed by atoms with Crippen LogP contribution in [0.25, 0.3) is 0 Å². The van der Waals surface area contributed by atoms with Crippen LogP contribution in [0.3, 0.4) is 0 Å². The van der Waals surface area contributed by atoms with Gasteiger partial charge < -0.3 is 14.6 Å². The van der Waals surface area contributed by atoms with Gasteiger partial charge in [0.25, 0.3) is 0 Å². The van der Waals surface area contributed by atoms with Gasteiger partial charge in [-0.15, -0.1) is 0 Å². The number of benzene rings is 1. The molecule has 2 heterocycles. The first kappa shape index (κ1) is 25.4. The molecule has 176 valence electrons. The second-order valence-electron chi connectivity index (χ2n) is 8.55. The molecule has 3 rings (SSSR count). The molecule has 0 spiro atoms. The normalized spacial score (nSPS) is 16.3. The Morgan fingerprint density at radius 3 is 2.38 bits per heavy atom. The van der Waals surface area contributed by atoms with E-state index in [0.29, 0.717) is 25.4 Å². The van der Waals surface area contributed by atoms with Gasteiger partial charge in [0.2, 0.25) is 0 Å². The highest BCUT2D eigenvalue weighted by atomic mass is 19.4. The summed E-state index contributed by atoms with van der Waals surface area (Å²) in [5.74, 6) is -0.176. The summed E-state index contributed by atoms with van der Waals surface area (Å²) in [5.41, 5.74) is -0.775. The third-order valence-corrected chi connectivity index (χ3v) is 4.70. The smallest absolute Gasteiger partial charge is 0.416 e. The Kier molecular flexibility index (Phi) is 8.40. The molecule has 1 aliphatic rings. The van der Waals surface area contributed by atoms with Crippen molar-refractivity contribution in [3.8, 4) is 0 Å². The van der Waals surface area contributed by atoms with E-state index in [1.165, 1.54) is 12.1 Å². The third kappa shape index (κ3) is 8.68. The van der Waals surface area contributed by atoms with Crippen molar-refractivity contribution in [1.82, 2.24) is 14.9 Å². The van der Waals surface area contributed by atoms with E-state index in [9.17, 15) is 27.2 Å². The number of rotatable bonds is 3. The lowest BCUT2D eigenvalue weighted by Crippen LogP contribution is -2.35. The molecule has 1 fully saturated rings. The fraction of sp³-hybridized carbons (Fsp3) is 0.500. The van der Waals surface area contributed by atoms with Crippen molar-refractivity contribution in [1.29, 1.82) is 0 Å². The van der Waals surface area contributed by atoms with Gasteiger partial charge in [0.1, 0.15) is 5.60 Å². The standard InChI is InChI=1S/C18H24F3NO2.C4H3FN2O/c1-17(2,3)24-16(23)22-11-10-14(12-22)5-4-13-6-8-15(9-7-13)18(19,20)21;5-3-1-6-4(8)7-2-3/h6-9,14H,4-5,10-12H2,1-3H3;1-2H,(H,6,7,8). The van der Waals surface area contributed by atoms with Crippen LogP contribution in [0.15, 0.2) is 41.5 Å². The molecule has 0 saturated carbocycles. The van der Waals surface area contributed by atoms with Crippen LogP contribution in [-0.2, 0) is 17.3 Å². The van der Waals surface area contributed by atoms with E-state index in [0.717, 1.165) is 42.9 Å². The van der Waals surface area contributed by atoms with Gasteiger partial charge in [-0.1, -0.05) is 12.1 Å². The fourth-order valence-corrected chi connectivity index (χ4v) is 3.12. The van der Waals surface area contributed by atoms with Crippen molar-refractivity contribution in [2.24, 2.45) is 5.92 Å². The molecule has 1 aromatic heterocycles. The molecule has 2 aromatic rings. The van der Waals surface area contributed by atoms with E-state index in [4.69, 9.17) is 4.74 Å². The Bertz CT molecular complexity index is 917. The van der Waals surface area contributed by atoms with E-state index < -0.39 is 28.8 Å². The van der Waals surface area contributed by atoms with E-state index in [-0.39, 0.29) is 6.09 Å². The number of halogens is 4. The van der Waals surface area contributed by atoms with Crippen molar-refractivity contribution in [3.63, 3.8) is 0 Å². The molecule has 1 N–H and O–H groups in total. The summed E-state index contributed by atoms with van der Waals surface area (Å²) in [4.78, 5) is 29.0. The molecule has 1 atom stereocenters. The summed E-state index contributed by atoms with van der Waals surface area (Å²) in [6.45, 7) is 6.83. The lowest BCUT2D eigenvalue weighted by molar-refractivity contribution is -0.137. The van der Waals surface area contributed by atoms with Crippen LogP contribution in [0.1, 0.15) is 44.7 Å². The second-order valence-corrected chi connectivity index (χ2v) is 8.55. The van der Waals surface area contributed by atoms with Gasteiger partial charge in [-0.05, 0) is 63.6 Å². The highest BCUT2D eigenvalue weighted by Crippen LogP contribution is 2.30. The summed E-state index contributed by atoms with van der Waals surface area (Å²) >= 11 is 0. The summed E-state index contributed by atoms with van der Waals surface area (Å²) < 4.78 is 54.8. The molecule has 0 bridgehead atoms. The summed E-state index contributed by atoms with van der Waals surface area (Å²) in [7, 11) is 0. The molecule has 32 heavy (non-hydrogen) atoms. The number of carbonyl (C=O) groups is 1. The molecule has 0 aliphatic carbocycles. The van der Waals surface area contributed by atoms with Crippen molar-refractivity contribution in [3.05, 3.63) is 64.1 Å². The lowest BCUT2D eigenvalue weighted by atomic mass is 9.98. The Labute approximate surface area is 183 Å². The van der Waals surface area contributed by atoms with E-state index >= 15 is 0 Å². The number of likely N-dealkylation sites (tertiary alicyclic amines) is 1. The minimum atomic E-state index is -4.29. The summed E-state index contributed by atoms with van der Waals surface area (Å²) in [5, 5.41) is 0. The van der Waals surface area contributed by atoms with Crippen molar-refractivity contribution in [2.45, 2.75) is 51.8 Å². The quantitative estimate of drug-likeness (QED) is 0.672. The molecule has 0 radical (unpaired) electrons. The topological polar surface area (TPSA) is 75.3 Å². The monoisotopic (exact) mass is 457 g/mol. The van der Waals surface area contributed by atoms with Gasteiger partial charge in [0.15, 0.2) is 5.82 Å². The minimum Gasteiger partial charge on any atom is -0.444 e. The number of alkyl halides is 3. The van der Waals surface area contributed by atoms with Crippen molar-refractivity contribution < 1.29 is 27.1 Å². The zero-order valence-electron chi connectivity index (χ0n) is 18.2. The van der Waals surface area contributed by atoms with E-state index in [1.54, 1.807) is 4.90 Å². The van der Waals surface area contributed by atoms with Crippen LogP contribution in [0.4, 0.5) is 22.4 Å². The number of H-pyrrole nitrogens is 1. The number of aryl methyl sites for hydroxylation is 1. The Morgan fingerprint density at radius 2 is 1.88 bits per heavy atom. The maximum absolute atomic E-state index is 12.5. The molecule has 1 saturated heterocycles. The van der Waals surface area contributed by atoms with Gasteiger partial charge in [0, 0.05) is 19.3 Å². The predicted molar refractivity (Wildman–Crippen MR) is 110 cm³/mol. The van der Waals surface area contributed by atoms with Crippen LogP contribution in [-0.4, -0.2) is 39.7 Å². The third-order valence-electron chi connectivity index (χ3n) is 4.70. The average Bonchev–Trinajstić information content (AvgIpc) is 3.17. The number of aromatic amines is 1. The Morgan fingerprint density at radius 1 is 1.22 bits per heavy atom. The number of nitrogens with zero attached hydrogens (tertiary/aromatic N) is 2. The van der Waals surface area contributed by atoms with Crippen molar-refractivity contribution >= 4 is 6.09 Å². The maximum atomic E-state index is 12.5. The first-order valence-corrected chi connectivity index (χ1v) is 10.2. The first-order valence-electron chi connectivity index (χ1n) is 10.2. The number of carbonyl (C=O) groups excluding carboxylic acids is 1. The number of ether oxygens (including phenoxy) is 1. The van der Waals surface area contributed by atoms with Crippen LogP contribution < -0.4 is 5.69 Å².